The Labute approximate surface area is 318 Å². The first kappa shape index (κ1) is 49.4. The van der Waals surface area contributed by atoms with E-state index in [2.05, 4.69) is 55.6 Å². The maximum absolute atomic E-state index is 12.4. The Balaban J connectivity index is 3.56. The van der Waals surface area contributed by atoms with Gasteiger partial charge in [-0.1, -0.05) is 197 Å². The predicted molar refractivity (Wildman–Crippen MR) is 225 cm³/mol. The molecule has 0 fully saturated rings. The van der Waals surface area contributed by atoms with E-state index in [9.17, 15) is 15.0 Å². The van der Waals surface area contributed by atoms with Gasteiger partial charge < -0.3 is 15.5 Å². The molecule has 3 N–H and O–H groups in total. The van der Waals surface area contributed by atoms with Crippen LogP contribution in [0.15, 0.2) is 48.6 Å². The highest BCUT2D eigenvalue weighted by atomic mass is 16.3. The first-order valence-electron chi connectivity index (χ1n) is 22.4. The second-order valence-electron chi connectivity index (χ2n) is 15.1. The third-order valence-corrected chi connectivity index (χ3v) is 10.0. The summed E-state index contributed by atoms with van der Waals surface area (Å²) in [6.07, 6.45) is 58.0. The maximum atomic E-state index is 12.4. The first-order valence-corrected chi connectivity index (χ1v) is 22.4. The minimum Gasteiger partial charge on any atom is -0.394 e. The molecule has 0 aliphatic rings. The molecule has 4 heteroatoms. The highest BCUT2D eigenvalue weighted by molar-refractivity contribution is 5.76. The fourth-order valence-corrected chi connectivity index (χ4v) is 6.56. The molecule has 0 aromatic heterocycles. The molecule has 1 amide bonds. The third kappa shape index (κ3) is 39.4. The number of carbonyl (C=O) groups excluding carboxylic acids is 1. The number of rotatable bonds is 40. The maximum Gasteiger partial charge on any atom is 0.220 e. The van der Waals surface area contributed by atoms with Gasteiger partial charge in [0, 0.05) is 6.42 Å². The van der Waals surface area contributed by atoms with Crippen molar-refractivity contribution in [3.63, 3.8) is 0 Å². The topological polar surface area (TPSA) is 69.6 Å². The average Bonchev–Trinajstić information content (AvgIpc) is 3.13. The molecule has 0 spiro atoms. The molecule has 0 heterocycles. The van der Waals surface area contributed by atoms with Gasteiger partial charge in [-0.05, 0) is 70.6 Å². The molecule has 2 atom stereocenters. The largest absolute Gasteiger partial charge is 0.394 e. The molecule has 0 saturated heterocycles. The van der Waals surface area contributed by atoms with Gasteiger partial charge in [0.2, 0.25) is 5.91 Å². The minimum absolute atomic E-state index is 0.0787. The van der Waals surface area contributed by atoms with Gasteiger partial charge in [-0.25, -0.2) is 0 Å². The fourth-order valence-electron chi connectivity index (χ4n) is 6.56. The lowest BCUT2D eigenvalue weighted by atomic mass is 10.0. The number of hydrogen-bond donors (Lipinski definition) is 3. The van der Waals surface area contributed by atoms with Crippen LogP contribution in [0.3, 0.4) is 0 Å². The Hall–Kier alpha value is -1.65. The Kier molecular flexibility index (Phi) is 41.4. The zero-order valence-electron chi connectivity index (χ0n) is 34.1. The summed E-state index contributed by atoms with van der Waals surface area (Å²) in [4.78, 5) is 12.4. The second kappa shape index (κ2) is 42.8. The molecule has 51 heavy (non-hydrogen) atoms. The molecular weight excluding hydrogens is 627 g/mol. The van der Waals surface area contributed by atoms with Crippen LogP contribution in [0.5, 0.6) is 0 Å². The van der Waals surface area contributed by atoms with E-state index in [1.807, 2.05) is 6.08 Å². The predicted octanol–water partition coefficient (Wildman–Crippen LogP) is 14.0. The van der Waals surface area contributed by atoms with Gasteiger partial charge in [0.25, 0.3) is 0 Å². The van der Waals surface area contributed by atoms with Crippen molar-refractivity contribution in [3.05, 3.63) is 48.6 Å². The van der Waals surface area contributed by atoms with Gasteiger partial charge in [0.05, 0.1) is 18.8 Å². The van der Waals surface area contributed by atoms with Crippen LogP contribution in [0, 0.1) is 0 Å². The number of hydrogen-bond acceptors (Lipinski definition) is 3. The van der Waals surface area contributed by atoms with E-state index in [4.69, 9.17) is 0 Å². The number of aliphatic hydroxyl groups is 2. The third-order valence-electron chi connectivity index (χ3n) is 10.0. The number of allylic oxidation sites excluding steroid dienone is 7. The summed E-state index contributed by atoms with van der Waals surface area (Å²) in [5.41, 5.74) is 0. The van der Waals surface area contributed by atoms with Crippen LogP contribution in [0.1, 0.15) is 226 Å². The zero-order chi connectivity index (χ0) is 37.1. The van der Waals surface area contributed by atoms with Crippen molar-refractivity contribution in [3.8, 4) is 0 Å². The molecule has 2 unspecified atom stereocenters. The highest BCUT2D eigenvalue weighted by Gasteiger charge is 2.17. The van der Waals surface area contributed by atoms with Crippen LogP contribution in [0.25, 0.3) is 0 Å². The molecule has 298 valence electrons. The second-order valence-corrected chi connectivity index (χ2v) is 15.1. The Morgan fingerprint density at radius 1 is 0.451 bits per heavy atom. The molecule has 0 rings (SSSR count). The average molecular weight is 714 g/mol. The summed E-state index contributed by atoms with van der Waals surface area (Å²) in [5.74, 6) is -0.0787. The lowest BCUT2D eigenvalue weighted by Crippen LogP contribution is -2.45. The lowest BCUT2D eigenvalue weighted by Gasteiger charge is -2.19. The Bertz CT molecular complexity index is 816. The normalized spacial score (nSPS) is 13.4. The summed E-state index contributed by atoms with van der Waals surface area (Å²) in [6.45, 7) is 4.27. The summed E-state index contributed by atoms with van der Waals surface area (Å²) in [5, 5.41) is 22.9. The van der Waals surface area contributed by atoms with Crippen LogP contribution >= 0.6 is 0 Å². The monoisotopic (exact) mass is 714 g/mol. The van der Waals surface area contributed by atoms with Crippen LogP contribution < -0.4 is 5.32 Å². The molecule has 0 radical (unpaired) electrons. The molecule has 0 aliphatic heterocycles. The van der Waals surface area contributed by atoms with Crippen molar-refractivity contribution in [1.82, 2.24) is 5.32 Å². The van der Waals surface area contributed by atoms with E-state index in [-0.39, 0.29) is 12.5 Å². The summed E-state index contributed by atoms with van der Waals surface area (Å²) in [7, 11) is 0. The van der Waals surface area contributed by atoms with Crippen LogP contribution in [0.4, 0.5) is 0 Å². The smallest absolute Gasteiger partial charge is 0.220 e. The standard InChI is InChI=1S/C47H87NO3/c1-3-5-7-9-11-13-15-17-19-20-21-22-23-24-25-26-27-28-29-31-33-35-37-39-41-43-47(51)48-45(44-49)46(50)42-40-38-36-34-32-30-18-16-14-12-10-8-6-4-2/h14,16,20-21,32,34,40,42,45-46,49-50H,3-13,15,17-19,22-31,33,35-39,41,43-44H2,1-2H3,(H,48,51)/b16-14+,21-20-,34-32+,42-40+. The van der Waals surface area contributed by atoms with Gasteiger partial charge in [0.15, 0.2) is 0 Å². The van der Waals surface area contributed by atoms with Crippen molar-refractivity contribution in [2.45, 2.75) is 238 Å². The van der Waals surface area contributed by atoms with Crippen molar-refractivity contribution in [1.29, 1.82) is 0 Å². The van der Waals surface area contributed by atoms with E-state index in [1.54, 1.807) is 6.08 Å². The van der Waals surface area contributed by atoms with Crippen molar-refractivity contribution >= 4 is 5.91 Å². The summed E-state index contributed by atoms with van der Waals surface area (Å²) >= 11 is 0. The SMILES string of the molecule is CCCCCC/C=C/CC/C=C/CC/C=C/C(O)C(CO)NC(=O)CCCCCCCCCCCCCCC/C=C\CCCCCCCCCC. The van der Waals surface area contributed by atoms with Gasteiger partial charge >= 0.3 is 0 Å². The number of aliphatic hydroxyl groups excluding tert-OH is 2. The highest BCUT2D eigenvalue weighted by Crippen LogP contribution is 2.14. The van der Waals surface area contributed by atoms with E-state index in [0.717, 1.165) is 38.5 Å². The van der Waals surface area contributed by atoms with E-state index in [1.165, 1.54) is 167 Å². The molecule has 0 aromatic rings. The van der Waals surface area contributed by atoms with Crippen molar-refractivity contribution in [2.75, 3.05) is 6.61 Å². The van der Waals surface area contributed by atoms with Gasteiger partial charge in [-0.3, -0.25) is 4.79 Å². The van der Waals surface area contributed by atoms with Crippen LogP contribution in [-0.4, -0.2) is 34.9 Å². The molecule has 0 aliphatic carbocycles. The van der Waals surface area contributed by atoms with Crippen molar-refractivity contribution < 1.29 is 15.0 Å². The van der Waals surface area contributed by atoms with Crippen molar-refractivity contribution in [2.24, 2.45) is 0 Å². The number of carbonyl (C=O) groups is 1. The first-order chi connectivity index (χ1) is 25.2. The van der Waals surface area contributed by atoms with Gasteiger partial charge in [-0.2, -0.15) is 0 Å². The van der Waals surface area contributed by atoms with Crippen LogP contribution in [-0.2, 0) is 4.79 Å². The van der Waals surface area contributed by atoms with Gasteiger partial charge in [0.1, 0.15) is 0 Å². The summed E-state index contributed by atoms with van der Waals surface area (Å²) in [6, 6.07) is -0.644. The quantitative estimate of drug-likeness (QED) is 0.0437. The number of amides is 1. The number of nitrogens with one attached hydrogen (secondary N) is 1. The fraction of sp³-hybridized carbons (Fsp3) is 0.809. The van der Waals surface area contributed by atoms with E-state index < -0.39 is 12.1 Å². The minimum atomic E-state index is -0.869. The molecule has 0 bridgehead atoms. The Morgan fingerprint density at radius 2 is 0.765 bits per heavy atom. The number of unbranched alkanes of at least 4 members (excludes halogenated alkanes) is 27. The lowest BCUT2D eigenvalue weighted by molar-refractivity contribution is -0.123. The Morgan fingerprint density at radius 3 is 1.16 bits per heavy atom. The van der Waals surface area contributed by atoms with E-state index >= 15 is 0 Å². The molecule has 0 saturated carbocycles. The molecule has 0 aromatic carbocycles. The van der Waals surface area contributed by atoms with Crippen LogP contribution in [0.2, 0.25) is 0 Å². The molecular formula is C47H87NO3. The zero-order valence-corrected chi connectivity index (χ0v) is 34.1. The molecule has 4 nitrogen and oxygen atoms in total. The summed E-state index contributed by atoms with van der Waals surface area (Å²) < 4.78 is 0. The van der Waals surface area contributed by atoms with E-state index in [0.29, 0.717) is 6.42 Å². The van der Waals surface area contributed by atoms with Gasteiger partial charge in [-0.15, -0.1) is 0 Å².